The molecule has 4 aromatic rings. The number of hydrogen-bond acceptors (Lipinski definition) is 4. The molecule has 3 amide bonds. The van der Waals surface area contributed by atoms with Gasteiger partial charge >= 0.3 is 6.03 Å². The summed E-state index contributed by atoms with van der Waals surface area (Å²) in [5.41, 5.74) is 5.02. The Hall–Kier alpha value is -4.59. The summed E-state index contributed by atoms with van der Waals surface area (Å²) in [6.45, 7) is 8.56. The number of nitrogens with one attached hydrogen (secondary N) is 2. The third kappa shape index (κ3) is 6.46. The maximum absolute atomic E-state index is 13.5. The van der Waals surface area contributed by atoms with Gasteiger partial charge in [0.05, 0.1) is 23.7 Å². The third-order valence-electron chi connectivity index (χ3n) is 6.27. The number of para-hydroxylation sites is 3. The minimum Gasteiger partial charge on any atom is -0.492 e. The largest absolute Gasteiger partial charge is 0.492 e. The lowest BCUT2D eigenvalue weighted by Gasteiger charge is -2.23. The third-order valence-corrected chi connectivity index (χ3v) is 6.27. The quantitative estimate of drug-likeness (QED) is 0.249. The van der Waals surface area contributed by atoms with E-state index in [0.29, 0.717) is 36.8 Å². The summed E-state index contributed by atoms with van der Waals surface area (Å²) in [6, 6.07) is 24.6. The number of carbonyl (C=O) groups is 2. The van der Waals surface area contributed by atoms with Crippen LogP contribution in [0.4, 0.5) is 16.3 Å². The summed E-state index contributed by atoms with van der Waals surface area (Å²) >= 11 is 0. The average Bonchev–Trinajstić information content (AvgIpc) is 3.25. The SMILES string of the molecule is CCCN(CC(=O)Nc1c(-c2ccccc2)c(C)nn1-c1ccccc1C)C(=O)Nc1ccccc1OCC. The minimum absolute atomic E-state index is 0.122. The zero-order valence-electron chi connectivity index (χ0n) is 22.9. The molecule has 0 spiro atoms. The highest BCUT2D eigenvalue weighted by Crippen LogP contribution is 2.34. The molecule has 202 valence electrons. The standard InChI is InChI=1S/C31H35N5O3/c1-5-20-35(31(38)32-25-17-11-13-19-27(25)39-6-2)21-28(37)33-30-29(24-15-8-7-9-16-24)23(4)34-36(30)26-18-12-10-14-22(26)3/h7-19H,5-6,20-21H2,1-4H3,(H,32,38)(H,33,37). The number of urea groups is 1. The molecule has 0 aliphatic rings. The second-order valence-electron chi connectivity index (χ2n) is 9.20. The molecule has 0 saturated carbocycles. The first-order chi connectivity index (χ1) is 18.9. The van der Waals surface area contributed by atoms with Gasteiger partial charge in [0, 0.05) is 12.1 Å². The van der Waals surface area contributed by atoms with Crippen LogP contribution >= 0.6 is 0 Å². The van der Waals surface area contributed by atoms with Gasteiger partial charge in [0.1, 0.15) is 18.1 Å². The van der Waals surface area contributed by atoms with Crippen molar-refractivity contribution >= 4 is 23.4 Å². The number of aryl methyl sites for hydroxylation is 2. The monoisotopic (exact) mass is 525 g/mol. The predicted molar refractivity (Wildman–Crippen MR) is 156 cm³/mol. The highest BCUT2D eigenvalue weighted by Gasteiger charge is 2.23. The number of amides is 3. The molecule has 1 aromatic heterocycles. The van der Waals surface area contributed by atoms with Crippen LogP contribution in [0.5, 0.6) is 5.75 Å². The van der Waals surface area contributed by atoms with Crippen LogP contribution in [-0.2, 0) is 4.79 Å². The number of rotatable bonds is 10. The van der Waals surface area contributed by atoms with Crippen molar-refractivity contribution in [3.8, 4) is 22.6 Å². The molecular formula is C31H35N5O3. The molecule has 0 fully saturated rings. The maximum atomic E-state index is 13.5. The molecule has 0 saturated heterocycles. The molecule has 0 bridgehead atoms. The molecule has 0 atom stereocenters. The van der Waals surface area contributed by atoms with E-state index in [4.69, 9.17) is 9.84 Å². The topological polar surface area (TPSA) is 88.5 Å². The highest BCUT2D eigenvalue weighted by atomic mass is 16.5. The first-order valence-corrected chi connectivity index (χ1v) is 13.2. The van der Waals surface area contributed by atoms with E-state index < -0.39 is 0 Å². The number of carbonyl (C=O) groups excluding carboxylic acids is 2. The summed E-state index contributed by atoms with van der Waals surface area (Å²) in [4.78, 5) is 28.2. The van der Waals surface area contributed by atoms with Gasteiger partial charge in [-0.3, -0.25) is 4.79 Å². The first-order valence-electron chi connectivity index (χ1n) is 13.2. The fourth-order valence-electron chi connectivity index (χ4n) is 4.48. The summed E-state index contributed by atoms with van der Waals surface area (Å²) in [7, 11) is 0. The Morgan fingerprint density at radius 3 is 2.31 bits per heavy atom. The van der Waals surface area contributed by atoms with Crippen molar-refractivity contribution in [2.45, 2.75) is 34.1 Å². The normalized spacial score (nSPS) is 10.7. The van der Waals surface area contributed by atoms with Gasteiger partial charge in [-0.15, -0.1) is 0 Å². The van der Waals surface area contributed by atoms with Crippen molar-refractivity contribution in [3.05, 3.63) is 90.1 Å². The second-order valence-corrected chi connectivity index (χ2v) is 9.20. The van der Waals surface area contributed by atoms with Crippen LogP contribution < -0.4 is 15.4 Å². The predicted octanol–water partition coefficient (Wildman–Crippen LogP) is 6.44. The highest BCUT2D eigenvalue weighted by molar-refractivity contribution is 5.99. The van der Waals surface area contributed by atoms with Crippen LogP contribution in [0.25, 0.3) is 16.8 Å². The van der Waals surface area contributed by atoms with E-state index in [9.17, 15) is 9.59 Å². The average molecular weight is 526 g/mol. The first kappa shape index (κ1) is 27.4. The summed E-state index contributed by atoms with van der Waals surface area (Å²) in [5, 5.41) is 10.8. The zero-order chi connectivity index (χ0) is 27.8. The van der Waals surface area contributed by atoms with Gasteiger partial charge in [-0.25, -0.2) is 9.48 Å². The van der Waals surface area contributed by atoms with Gasteiger partial charge < -0.3 is 20.3 Å². The fourth-order valence-corrected chi connectivity index (χ4v) is 4.48. The summed E-state index contributed by atoms with van der Waals surface area (Å²) < 4.78 is 7.41. The van der Waals surface area contributed by atoms with Crippen LogP contribution in [0.15, 0.2) is 78.9 Å². The maximum Gasteiger partial charge on any atom is 0.322 e. The van der Waals surface area contributed by atoms with E-state index in [1.165, 1.54) is 4.90 Å². The number of benzene rings is 3. The molecule has 0 radical (unpaired) electrons. The molecule has 8 heteroatoms. The molecule has 0 unspecified atom stereocenters. The van der Waals surface area contributed by atoms with Gasteiger partial charge in [-0.2, -0.15) is 5.10 Å². The number of hydrogen-bond donors (Lipinski definition) is 2. The van der Waals surface area contributed by atoms with Crippen LogP contribution in [0.3, 0.4) is 0 Å². The van der Waals surface area contributed by atoms with Gasteiger partial charge in [0.15, 0.2) is 0 Å². The Morgan fingerprint density at radius 2 is 1.59 bits per heavy atom. The summed E-state index contributed by atoms with van der Waals surface area (Å²) in [6.07, 6.45) is 0.698. The van der Waals surface area contributed by atoms with Crippen molar-refractivity contribution in [2.75, 3.05) is 30.3 Å². The van der Waals surface area contributed by atoms with Crippen LogP contribution in [-0.4, -0.2) is 46.3 Å². The van der Waals surface area contributed by atoms with Gasteiger partial charge in [0.2, 0.25) is 5.91 Å². The molecule has 0 aliphatic heterocycles. The van der Waals surface area contributed by atoms with Crippen molar-refractivity contribution in [1.29, 1.82) is 0 Å². The number of anilines is 2. The van der Waals surface area contributed by atoms with Crippen molar-refractivity contribution in [3.63, 3.8) is 0 Å². The molecular weight excluding hydrogens is 490 g/mol. The molecule has 39 heavy (non-hydrogen) atoms. The molecule has 0 aliphatic carbocycles. The van der Waals surface area contributed by atoms with E-state index in [1.807, 2.05) is 94.4 Å². The van der Waals surface area contributed by atoms with E-state index >= 15 is 0 Å². The molecule has 1 heterocycles. The zero-order valence-corrected chi connectivity index (χ0v) is 22.9. The smallest absolute Gasteiger partial charge is 0.322 e. The number of ether oxygens (including phenoxy) is 1. The molecule has 4 rings (SSSR count). The minimum atomic E-state index is -0.369. The Bertz CT molecular complexity index is 1430. The summed E-state index contributed by atoms with van der Waals surface area (Å²) in [5.74, 6) is 0.833. The lowest BCUT2D eigenvalue weighted by molar-refractivity contribution is -0.116. The van der Waals surface area contributed by atoms with E-state index in [-0.39, 0.29) is 18.5 Å². The molecule has 2 N–H and O–H groups in total. The van der Waals surface area contributed by atoms with Crippen LogP contribution in [0, 0.1) is 13.8 Å². The molecule has 3 aromatic carbocycles. The van der Waals surface area contributed by atoms with Gasteiger partial charge in [-0.05, 0) is 56.5 Å². The van der Waals surface area contributed by atoms with Gasteiger partial charge in [-0.1, -0.05) is 67.6 Å². The Balaban J connectivity index is 1.62. The Morgan fingerprint density at radius 1 is 0.897 bits per heavy atom. The van der Waals surface area contributed by atoms with Crippen LogP contribution in [0.2, 0.25) is 0 Å². The fraction of sp³-hybridized carbons (Fsp3) is 0.258. The molecule has 8 nitrogen and oxygen atoms in total. The Labute approximate surface area is 229 Å². The Kier molecular flexibility index (Phi) is 8.99. The second kappa shape index (κ2) is 12.8. The lowest BCUT2D eigenvalue weighted by atomic mass is 10.1. The lowest BCUT2D eigenvalue weighted by Crippen LogP contribution is -2.41. The van der Waals surface area contributed by atoms with E-state index in [0.717, 1.165) is 28.1 Å². The van der Waals surface area contributed by atoms with Crippen molar-refractivity contribution < 1.29 is 14.3 Å². The van der Waals surface area contributed by atoms with Crippen LogP contribution in [0.1, 0.15) is 31.5 Å². The number of aromatic nitrogens is 2. The van der Waals surface area contributed by atoms with Crippen molar-refractivity contribution in [1.82, 2.24) is 14.7 Å². The van der Waals surface area contributed by atoms with Gasteiger partial charge in [0.25, 0.3) is 0 Å². The number of nitrogens with zero attached hydrogens (tertiary/aromatic N) is 3. The van der Waals surface area contributed by atoms with E-state index in [1.54, 1.807) is 16.8 Å². The van der Waals surface area contributed by atoms with Crippen molar-refractivity contribution in [2.24, 2.45) is 0 Å². The van der Waals surface area contributed by atoms with E-state index in [2.05, 4.69) is 10.6 Å².